The van der Waals surface area contributed by atoms with Gasteiger partial charge in [-0.15, -0.1) is 0 Å². The first kappa shape index (κ1) is 16.5. The first-order valence-electron chi connectivity index (χ1n) is 7.40. The van der Waals surface area contributed by atoms with Crippen molar-refractivity contribution >= 4 is 26.9 Å². The first-order valence-corrected chi connectivity index (χ1v) is 8.19. The predicted molar refractivity (Wildman–Crippen MR) is 90.7 cm³/mol. The van der Waals surface area contributed by atoms with Crippen LogP contribution in [-0.4, -0.2) is 13.2 Å². The van der Waals surface area contributed by atoms with Crippen molar-refractivity contribution in [2.45, 2.75) is 52.8 Å². The van der Waals surface area contributed by atoms with E-state index in [1.54, 1.807) is 7.11 Å². The molecule has 0 bridgehead atoms. The Morgan fingerprint density at radius 2 is 1.95 bits per heavy atom. The predicted octanol–water partition coefficient (Wildman–Crippen LogP) is 4.96. The van der Waals surface area contributed by atoms with E-state index in [1.165, 1.54) is 5.56 Å². The molecule has 0 unspecified atom stereocenters. The molecule has 0 spiro atoms. The lowest BCUT2D eigenvalue weighted by atomic mass is 10.00. The van der Waals surface area contributed by atoms with Crippen LogP contribution in [0.15, 0.2) is 21.0 Å². The molecule has 1 heterocycles. The molecule has 1 N–H and O–H groups in total. The van der Waals surface area contributed by atoms with Gasteiger partial charge in [-0.25, -0.2) is 0 Å². The Morgan fingerprint density at radius 1 is 1.24 bits per heavy atom. The van der Waals surface area contributed by atoms with Crippen LogP contribution in [0.25, 0.3) is 11.0 Å². The molecular formula is C17H24BrNO2. The van der Waals surface area contributed by atoms with Gasteiger partial charge in [0.1, 0.15) is 11.3 Å². The minimum Gasteiger partial charge on any atom is -0.459 e. The maximum atomic E-state index is 6.19. The van der Waals surface area contributed by atoms with Crippen molar-refractivity contribution in [2.75, 3.05) is 7.11 Å². The van der Waals surface area contributed by atoms with E-state index in [9.17, 15) is 0 Å². The average molecular weight is 354 g/mol. The summed E-state index contributed by atoms with van der Waals surface area (Å²) >= 11 is 3.61. The second-order valence-electron chi connectivity index (χ2n) is 6.00. The van der Waals surface area contributed by atoms with Crippen LogP contribution < -0.4 is 5.32 Å². The highest BCUT2D eigenvalue weighted by Crippen LogP contribution is 2.35. The SMILES string of the molecule is COCc1c(CNC(C)C)oc2c(C(C)C)cc(Br)cc12. The maximum absolute atomic E-state index is 6.19. The monoisotopic (exact) mass is 353 g/mol. The molecule has 3 nitrogen and oxygen atoms in total. The van der Waals surface area contributed by atoms with Crippen molar-refractivity contribution in [2.24, 2.45) is 0 Å². The second-order valence-corrected chi connectivity index (χ2v) is 6.91. The van der Waals surface area contributed by atoms with E-state index in [0.717, 1.165) is 33.3 Å². The average Bonchev–Trinajstić information content (AvgIpc) is 2.74. The topological polar surface area (TPSA) is 34.4 Å². The summed E-state index contributed by atoms with van der Waals surface area (Å²) < 4.78 is 12.6. The number of hydrogen-bond acceptors (Lipinski definition) is 3. The van der Waals surface area contributed by atoms with Gasteiger partial charge in [-0.3, -0.25) is 0 Å². The third kappa shape index (κ3) is 3.68. The Hall–Kier alpha value is -0.840. The number of ether oxygens (including phenoxy) is 1. The van der Waals surface area contributed by atoms with Gasteiger partial charge in [-0.2, -0.15) is 0 Å². The molecule has 1 aromatic heterocycles. The maximum Gasteiger partial charge on any atom is 0.138 e. The molecule has 0 radical (unpaired) electrons. The van der Waals surface area contributed by atoms with E-state index in [1.807, 2.05) is 0 Å². The van der Waals surface area contributed by atoms with Crippen molar-refractivity contribution in [3.05, 3.63) is 33.5 Å². The molecular weight excluding hydrogens is 330 g/mol. The number of benzene rings is 1. The fourth-order valence-corrected chi connectivity index (χ4v) is 2.93. The lowest BCUT2D eigenvalue weighted by Gasteiger charge is -2.07. The number of furan rings is 1. The molecule has 21 heavy (non-hydrogen) atoms. The van der Waals surface area contributed by atoms with E-state index < -0.39 is 0 Å². The van der Waals surface area contributed by atoms with Crippen molar-refractivity contribution in [3.8, 4) is 0 Å². The van der Waals surface area contributed by atoms with E-state index >= 15 is 0 Å². The molecule has 0 saturated carbocycles. The Bertz CT molecular complexity index is 617. The third-order valence-electron chi connectivity index (χ3n) is 3.55. The van der Waals surface area contributed by atoms with Gasteiger partial charge in [0, 0.05) is 28.6 Å². The van der Waals surface area contributed by atoms with Crippen LogP contribution in [0.5, 0.6) is 0 Å². The zero-order valence-corrected chi connectivity index (χ0v) is 15.0. The summed E-state index contributed by atoms with van der Waals surface area (Å²) in [6.07, 6.45) is 0. The molecule has 4 heteroatoms. The normalized spacial score (nSPS) is 12.0. The van der Waals surface area contributed by atoms with Gasteiger partial charge in [-0.1, -0.05) is 43.6 Å². The molecule has 1 aromatic carbocycles. The van der Waals surface area contributed by atoms with Gasteiger partial charge in [0.2, 0.25) is 0 Å². The number of halogens is 1. The smallest absolute Gasteiger partial charge is 0.138 e. The summed E-state index contributed by atoms with van der Waals surface area (Å²) in [5, 5.41) is 4.57. The minimum atomic E-state index is 0.414. The summed E-state index contributed by atoms with van der Waals surface area (Å²) in [6.45, 7) is 9.93. The van der Waals surface area contributed by atoms with Crippen LogP contribution in [0.1, 0.15) is 50.5 Å². The third-order valence-corrected chi connectivity index (χ3v) is 4.01. The quantitative estimate of drug-likeness (QED) is 0.796. The standard InChI is InChI=1S/C17H24BrNO2/c1-10(2)13-6-12(18)7-14-15(9-20-5)16(21-17(13)14)8-19-11(3)4/h6-7,10-11,19H,8-9H2,1-5H3. The van der Waals surface area contributed by atoms with Gasteiger partial charge < -0.3 is 14.5 Å². The number of nitrogens with one attached hydrogen (secondary N) is 1. The van der Waals surface area contributed by atoms with Gasteiger partial charge in [0.05, 0.1) is 13.2 Å². The van der Waals surface area contributed by atoms with Crippen molar-refractivity contribution < 1.29 is 9.15 Å². The molecule has 0 amide bonds. The summed E-state index contributed by atoms with van der Waals surface area (Å²) in [4.78, 5) is 0. The minimum absolute atomic E-state index is 0.414. The largest absolute Gasteiger partial charge is 0.459 e. The zero-order valence-electron chi connectivity index (χ0n) is 13.4. The Morgan fingerprint density at radius 3 is 2.52 bits per heavy atom. The van der Waals surface area contributed by atoms with Crippen molar-refractivity contribution in [1.82, 2.24) is 5.32 Å². The number of hydrogen-bond donors (Lipinski definition) is 1. The fraction of sp³-hybridized carbons (Fsp3) is 0.529. The summed E-state index contributed by atoms with van der Waals surface area (Å²) in [5.41, 5.74) is 3.36. The van der Waals surface area contributed by atoms with Gasteiger partial charge in [0.15, 0.2) is 0 Å². The summed E-state index contributed by atoms with van der Waals surface area (Å²) in [7, 11) is 1.72. The molecule has 0 aliphatic heterocycles. The molecule has 2 aromatic rings. The van der Waals surface area contributed by atoms with Crippen molar-refractivity contribution in [1.29, 1.82) is 0 Å². The van der Waals surface area contributed by atoms with E-state index in [0.29, 0.717) is 18.6 Å². The number of rotatable bonds is 6. The lowest BCUT2D eigenvalue weighted by Crippen LogP contribution is -2.22. The van der Waals surface area contributed by atoms with Gasteiger partial charge in [-0.05, 0) is 23.6 Å². The number of methoxy groups -OCH3 is 1. The lowest BCUT2D eigenvalue weighted by molar-refractivity contribution is 0.183. The Balaban J connectivity index is 2.57. The zero-order chi connectivity index (χ0) is 15.6. The molecule has 0 atom stereocenters. The van der Waals surface area contributed by atoms with Crippen LogP contribution >= 0.6 is 15.9 Å². The van der Waals surface area contributed by atoms with Crippen LogP contribution in [0.3, 0.4) is 0 Å². The Kier molecular flexibility index (Phi) is 5.47. The van der Waals surface area contributed by atoms with Crippen LogP contribution in [0.2, 0.25) is 0 Å². The molecule has 0 saturated heterocycles. The fourth-order valence-electron chi connectivity index (χ4n) is 2.46. The van der Waals surface area contributed by atoms with Crippen LogP contribution in [0, 0.1) is 0 Å². The molecule has 0 aliphatic rings. The molecule has 0 fully saturated rings. The van der Waals surface area contributed by atoms with Gasteiger partial charge in [0.25, 0.3) is 0 Å². The van der Waals surface area contributed by atoms with Crippen LogP contribution in [-0.2, 0) is 17.9 Å². The molecule has 2 rings (SSSR count). The van der Waals surface area contributed by atoms with Crippen molar-refractivity contribution in [3.63, 3.8) is 0 Å². The van der Waals surface area contributed by atoms with Crippen LogP contribution in [0.4, 0.5) is 0 Å². The second kappa shape index (κ2) is 6.95. The van der Waals surface area contributed by atoms with E-state index in [-0.39, 0.29) is 0 Å². The molecule has 0 aliphatic carbocycles. The summed E-state index contributed by atoms with van der Waals surface area (Å²) in [5.74, 6) is 1.39. The highest BCUT2D eigenvalue weighted by molar-refractivity contribution is 9.10. The molecule has 116 valence electrons. The van der Waals surface area contributed by atoms with E-state index in [2.05, 4.69) is 61.1 Å². The first-order chi connectivity index (χ1) is 9.93. The number of fused-ring (bicyclic) bond motifs is 1. The Labute approximate surface area is 135 Å². The summed E-state index contributed by atoms with van der Waals surface area (Å²) in [6, 6.07) is 4.69. The van der Waals surface area contributed by atoms with E-state index in [4.69, 9.17) is 9.15 Å². The highest BCUT2D eigenvalue weighted by Gasteiger charge is 2.19. The van der Waals surface area contributed by atoms with Gasteiger partial charge >= 0.3 is 0 Å². The highest BCUT2D eigenvalue weighted by atomic mass is 79.9.